The number of hydrogen-bond acceptors (Lipinski definition) is 8. The number of benzene rings is 1. The standard InChI is InChI=1S/C16H19N3O5S/c1-3-23-14(21)7-8-24-15-11(5-4-6-12(15)22-2)9-17-19-16-18-13(20)10-25-16/h4-6,9H,3,7-8,10H2,1-2H3,(H,18,19,20). The number of nitrogens with zero attached hydrogens (tertiary/aromatic N) is 2. The van der Waals surface area contributed by atoms with E-state index in [2.05, 4.69) is 15.5 Å². The SMILES string of the molecule is CCOC(=O)CCOc1c(C=NN=C2NC(=O)CS2)cccc1OC. The summed E-state index contributed by atoms with van der Waals surface area (Å²) in [6.45, 7) is 2.24. The number of methoxy groups -OCH3 is 1. The third-order valence-electron chi connectivity index (χ3n) is 3.02. The lowest BCUT2D eigenvalue weighted by Crippen LogP contribution is -2.19. The summed E-state index contributed by atoms with van der Waals surface area (Å²) < 4.78 is 15.8. The lowest BCUT2D eigenvalue weighted by Gasteiger charge is -2.12. The highest BCUT2D eigenvalue weighted by molar-refractivity contribution is 8.15. The van der Waals surface area contributed by atoms with Crippen molar-refractivity contribution in [3.8, 4) is 11.5 Å². The van der Waals surface area contributed by atoms with E-state index in [9.17, 15) is 9.59 Å². The van der Waals surface area contributed by atoms with Gasteiger partial charge in [0.2, 0.25) is 5.91 Å². The van der Waals surface area contributed by atoms with E-state index < -0.39 is 0 Å². The molecule has 0 aliphatic carbocycles. The molecular formula is C16H19N3O5S. The second-order valence-electron chi connectivity index (χ2n) is 4.77. The summed E-state index contributed by atoms with van der Waals surface area (Å²) in [6, 6.07) is 5.32. The van der Waals surface area contributed by atoms with Crippen molar-refractivity contribution >= 4 is 35.0 Å². The average molecular weight is 365 g/mol. The highest BCUT2D eigenvalue weighted by Crippen LogP contribution is 2.30. The molecule has 8 nitrogen and oxygen atoms in total. The van der Waals surface area contributed by atoms with Crippen LogP contribution in [-0.2, 0) is 14.3 Å². The van der Waals surface area contributed by atoms with Crippen molar-refractivity contribution in [1.29, 1.82) is 0 Å². The molecule has 1 aromatic carbocycles. The van der Waals surface area contributed by atoms with Gasteiger partial charge in [-0.05, 0) is 19.1 Å². The molecule has 9 heteroatoms. The molecular weight excluding hydrogens is 346 g/mol. The van der Waals surface area contributed by atoms with Crippen LogP contribution in [0.5, 0.6) is 11.5 Å². The molecule has 1 aliphatic heterocycles. The van der Waals surface area contributed by atoms with E-state index in [-0.39, 0.29) is 24.9 Å². The van der Waals surface area contributed by atoms with Crippen molar-refractivity contribution in [1.82, 2.24) is 5.32 Å². The summed E-state index contributed by atoms with van der Waals surface area (Å²) >= 11 is 1.29. The van der Waals surface area contributed by atoms with Crippen molar-refractivity contribution < 1.29 is 23.8 Å². The fraction of sp³-hybridized carbons (Fsp3) is 0.375. The van der Waals surface area contributed by atoms with Crippen LogP contribution in [0.2, 0.25) is 0 Å². The molecule has 2 rings (SSSR count). The van der Waals surface area contributed by atoms with Gasteiger partial charge in [0.15, 0.2) is 16.7 Å². The molecule has 0 saturated carbocycles. The average Bonchev–Trinajstić information content (AvgIpc) is 3.01. The molecule has 1 N–H and O–H groups in total. The summed E-state index contributed by atoms with van der Waals surface area (Å²) in [5.41, 5.74) is 0.641. The van der Waals surface area contributed by atoms with Crippen molar-refractivity contribution in [3.05, 3.63) is 23.8 Å². The Labute approximate surface area is 149 Å². The van der Waals surface area contributed by atoms with Crippen molar-refractivity contribution in [2.45, 2.75) is 13.3 Å². The maximum absolute atomic E-state index is 11.4. The highest BCUT2D eigenvalue weighted by Gasteiger charge is 2.16. The smallest absolute Gasteiger partial charge is 0.309 e. The number of ether oxygens (including phenoxy) is 3. The van der Waals surface area contributed by atoms with Crippen LogP contribution in [0.15, 0.2) is 28.4 Å². The fourth-order valence-electron chi connectivity index (χ4n) is 1.94. The Morgan fingerprint density at radius 3 is 2.96 bits per heavy atom. The summed E-state index contributed by atoms with van der Waals surface area (Å²) in [5, 5.41) is 11.0. The second kappa shape index (κ2) is 9.67. The Kier molecular flexibility index (Phi) is 7.27. The molecule has 1 saturated heterocycles. The lowest BCUT2D eigenvalue weighted by molar-refractivity contribution is -0.143. The predicted octanol–water partition coefficient (Wildman–Crippen LogP) is 1.58. The Balaban J connectivity index is 2.06. The van der Waals surface area contributed by atoms with E-state index >= 15 is 0 Å². The molecule has 0 bridgehead atoms. The molecule has 25 heavy (non-hydrogen) atoms. The monoisotopic (exact) mass is 365 g/mol. The van der Waals surface area contributed by atoms with Gasteiger partial charge in [0.25, 0.3) is 0 Å². The number of carbonyl (C=O) groups excluding carboxylic acids is 2. The number of carbonyl (C=O) groups is 2. The van der Waals surface area contributed by atoms with Crippen LogP contribution in [-0.4, -0.2) is 49.3 Å². The van der Waals surface area contributed by atoms with Gasteiger partial charge >= 0.3 is 5.97 Å². The second-order valence-corrected chi connectivity index (χ2v) is 5.73. The van der Waals surface area contributed by atoms with Crippen LogP contribution < -0.4 is 14.8 Å². The molecule has 134 valence electrons. The van der Waals surface area contributed by atoms with Crippen LogP contribution in [0.3, 0.4) is 0 Å². The van der Waals surface area contributed by atoms with E-state index in [1.54, 1.807) is 25.1 Å². The van der Waals surface area contributed by atoms with Crippen LogP contribution in [0, 0.1) is 0 Å². The van der Waals surface area contributed by atoms with E-state index in [1.807, 2.05) is 0 Å². The van der Waals surface area contributed by atoms with Gasteiger partial charge in [0, 0.05) is 5.56 Å². The summed E-state index contributed by atoms with van der Waals surface area (Å²) in [7, 11) is 1.53. The molecule has 0 unspecified atom stereocenters. The first-order valence-corrected chi connectivity index (χ1v) is 8.61. The molecule has 1 aliphatic rings. The number of rotatable bonds is 8. The van der Waals surface area contributed by atoms with E-state index in [0.29, 0.717) is 34.6 Å². The molecule has 0 atom stereocenters. The Morgan fingerprint density at radius 1 is 1.44 bits per heavy atom. The van der Waals surface area contributed by atoms with E-state index in [4.69, 9.17) is 14.2 Å². The number of amides is 1. The van der Waals surface area contributed by atoms with Crippen LogP contribution in [0.1, 0.15) is 18.9 Å². The minimum atomic E-state index is -0.326. The van der Waals surface area contributed by atoms with Gasteiger partial charge in [-0.3, -0.25) is 9.59 Å². The maximum atomic E-state index is 11.4. The number of nitrogens with one attached hydrogen (secondary N) is 1. The minimum absolute atomic E-state index is 0.0941. The number of thioether (sulfide) groups is 1. The minimum Gasteiger partial charge on any atom is -0.493 e. The van der Waals surface area contributed by atoms with Crippen molar-refractivity contribution in [3.63, 3.8) is 0 Å². The largest absolute Gasteiger partial charge is 0.493 e. The molecule has 0 radical (unpaired) electrons. The van der Waals surface area contributed by atoms with Crippen molar-refractivity contribution in [2.24, 2.45) is 10.2 Å². The van der Waals surface area contributed by atoms with Gasteiger partial charge < -0.3 is 19.5 Å². The van der Waals surface area contributed by atoms with Gasteiger partial charge in [-0.1, -0.05) is 17.8 Å². The maximum Gasteiger partial charge on any atom is 0.309 e. The normalized spacial score (nSPS) is 15.4. The van der Waals surface area contributed by atoms with Crippen molar-refractivity contribution in [2.75, 3.05) is 26.1 Å². The first-order chi connectivity index (χ1) is 12.1. The number of para-hydroxylation sites is 1. The van der Waals surface area contributed by atoms with Crippen LogP contribution in [0.25, 0.3) is 0 Å². The molecule has 0 spiro atoms. The quantitative estimate of drug-likeness (QED) is 0.427. The summed E-state index contributed by atoms with van der Waals surface area (Å²) in [5.74, 6) is 0.900. The summed E-state index contributed by atoms with van der Waals surface area (Å²) in [6.07, 6.45) is 1.63. The lowest BCUT2D eigenvalue weighted by atomic mass is 10.2. The Morgan fingerprint density at radius 2 is 2.28 bits per heavy atom. The highest BCUT2D eigenvalue weighted by atomic mass is 32.2. The fourth-order valence-corrected chi connectivity index (χ4v) is 2.57. The number of esters is 1. The molecule has 1 fully saturated rings. The van der Waals surface area contributed by atoms with Gasteiger partial charge in [0.1, 0.15) is 0 Å². The van der Waals surface area contributed by atoms with Gasteiger partial charge in [-0.15, -0.1) is 5.10 Å². The van der Waals surface area contributed by atoms with E-state index in [0.717, 1.165) is 0 Å². The zero-order valence-electron chi connectivity index (χ0n) is 14.0. The first kappa shape index (κ1) is 18.8. The predicted molar refractivity (Wildman–Crippen MR) is 95.4 cm³/mol. The molecule has 1 aromatic rings. The number of hydrogen-bond donors (Lipinski definition) is 1. The zero-order chi connectivity index (χ0) is 18.1. The van der Waals surface area contributed by atoms with Crippen LogP contribution >= 0.6 is 11.8 Å². The topological polar surface area (TPSA) is 98.6 Å². The summed E-state index contributed by atoms with van der Waals surface area (Å²) in [4.78, 5) is 22.5. The Hall–Kier alpha value is -2.55. The zero-order valence-corrected chi connectivity index (χ0v) is 14.8. The first-order valence-electron chi connectivity index (χ1n) is 7.63. The number of amidine groups is 1. The molecule has 1 amide bonds. The van der Waals surface area contributed by atoms with Gasteiger partial charge in [-0.2, -0.15) is 5.10 Å². The third-order valence-corrected chi connectivity index (χ3v) is 3.88. The van der Waals surface area contributed by atoms with Gasteiger partial charge in [-0.25, -0.2) is 0 Å². The Bertz CT molecular complexity index is 690. The van der Waals surface area contributed by atoms with Crippen LogP contribution in [0.4, 0.5) is 0 Å². The third kappa shape index (κ3) is 5.79. The van der Waals surface area contributed by atoms with E-state index in [1.165, 1.54) is 25.1 Å². The molecule has 0 aromatic heterocycles. The van der Waals surface area contributed by atoms with Gasteiger partial charge in [0.05, 0.1) is 38.7 Å². The molecule has 1 heterocycles.